The van der Waals surface area contributed by atoms with Crippen molar-refractivity contribution in [3.8, 4) is 0 Å². The number of allylic oxidation sites excluding steroid dienone is 3. The summed E-state index contributed by atoms with van der Waals surface area (Å²) in [6.07, 6.45) is 11.8. The van der Waals surface area contributed by atoms with Gasteiger partial charge in [-0.2, -0.15) is 0 Å². The number of ether oxygens (including phenoxy) is 1. The highest BCUT2D eigenvalue weighted by atomic mass is 16.5. The van der Waals surface area contributed by atoms with Gasteiger partial charge in [0.25, 0.3) is 5.91 Å². The fourth-order valence-corrected chi connectivity index (χ4v) is 3.40. The number of rotatable bonds is 7. The molecule has 31 heavy (non-hydrogen) atoms. The zero-order valence-corrected chi connectivity index (χ0v) is 17.3. The van der Waals surface area contributed by atoms with E-state index in [1.54, 1.807) is 48.6 Å². The molecule has 7 heteroatoms. The minimum absolute atomic E-state index is 0.313. The predicted molar refractivity (Wildman–Crippen MR) is 117 cm³/mol. The minimum atomic E-state index is -0.661. The monoisotopic (exact) mass is 419 g/mol. The highest BCUT2D eigenvalue weighted by Gasteiger charge is 2.36. The van der Waals surface area contributed by atoms with E-state index in [9.17, 15) is 9.59 Å². The molecule has 160 valence electrons. The Labute approximate surface area is 181 Å². The third-order valence-corrected chi connectivity index (χ3v) is 5.09. The first kappa shape index (κ1) is 20.5. The van der Waals surface area contributed by atoms with Gasteiger partial charge < -0.3 is 14.5 Å². The van der Waals surface area contributed by atoms with Crippen LogP contribution in [-0.4, -0.2) is 23.4 Å². The van der Waals surface area contributed by atoms with Crippen LogP contribution in [0.3, 0.4) is 0 Å². The second-order valence-corrected chi connectivity index (χ2v) is 7.30. The number of hydrogen-bond donors (Lipinski definition) is 2. The van der Waals surface area contributed by atoms with Crippen molar-refractivity contribution in [3.63, 3.8) is 0 Å². The maximum Gasteiger partial charge on any atom is 0.276 e. The molecule has 0 fully saturated rings. The zero-order chi connectivity index (χ0) is 21.6. The number of hydrazine groups is 1. The Morgan fingerprint density at radius 2 is 2.10 bits per heavy atom. The first-order chi connectivity index (χ1) is 15.2. The molecular formula is C24H25N3O4. The number of furan rings is 1. The summed E-state index contributed by atoms with van der Waals surface area (Å²) in [7, 11) is 0. The van der Waals surface area contributed by atoms with E-state index in [2.05, 4.69) is 17.7 Å². The molecule has 2 heterocycles. The Morgan fingerprint density at radius 1 is 1.23 bits per heavy atom. The number of amides is 2. The molecule has 1 aliphatic heterocycles. The lowest BCUT2D eigenvalue weighted by atomic mass is 10.1. The number of benzene rings is 1. The topological polar surface area (TPSA) is 83.8 Å². The van der Waals surface area contributed by atoms with E-state index in [0.717, 1.165) is 12.8 Å². The van der Waals surface area contributed by atoms with Crippen LogP contribution in [0.5, 0.6) is 0 Å². The molecule has 2 aromatic rings. The molecule has 1 aliphatic carbocycles. The summed E-state index contributed by atoms with van der Waals surface area (Å²) < 4.78 is 11.2. The molecule has 2 aliphatic rings. The summed E-state index contributed by atoms with van der Waals surface area (Å²) in [5, 5.41) is 4.55. The average molecular weight is 419 g/mol. The standard InChI is InChI=1S/C24H25N3O4/c1-2-3-15-30-18-9-6-8-17(13-14-18)23(28)26-27-22(21-12-7-16-31-21)25-20-11-5-4-10-19(20)24(27)29/h4-14,16-17,22,25H,2-3,15H2,1H3,(H,26,28). The van der Waals surface area contributed by atoms with Gasteiger partial charge >= 0.3 is 0 Å². The van der Waals surface area contributed by atoms with E-state index < -0.39 is 12.1 Å². The second-order valence-electron chi connectivity index (χ2n) is 7.30. The zero-order valence-electron chi connectivity index (χ0n) is 17.3. The molecule has 2 amide bonds. The van der Waals surface area contributed by atoms with Crippen molar-refractivity contribution in [2.75, 3.05) is 11.9 Å². The third kappa shape index (κ3) is 4.55. The van der Waals surface area contributed by atoms with Crippen LogP contribution in [0.15, 0.2) is 83.2 Å². The highest BCUT2D eigenvalue weighted by molar-refractivity contribution is 6.02. The Bertz CT molecular complexity index is 1020. The van der Waals surface area contributed by atoms with Crippen LogP contribution in [0, 0.1) is 5.92 Å². The lowest BCUT2D eigenvalue weighted by Crippen LogP contribution is -2.53. The van der Waals surface area contributed by atoms with Crippen molar-refractivity contribution in [2.24, 2.45) is 5.92 Å². The lowest BCUT2D eigenvalue weighted by Gasteiger charge is -2.36. The van der Waals surface area contributed by atoms with Crippen molar-refractivity contribution in [1.29, 1.82) is 0 Å². The number of hydrogen-bond acceptors (Lipinski definition) is 5. The van der Waals surface area contributed by atoms with Crippen LogP contribution < -0.4 is 10.7 Å². The van der Waals surface area contributed by atoms with Crippen LogP contribution in [0.25, 0.3) is 0 Å². The molecule has 4 rings (SSSR count). The minimum Gasteiger partial charge on any atom is -0.494 e. The van der Waals surface area contributed by atoms with Crippen molar-refractivity contribution in [1.82, 2.24) is 10.4 Å². The number of carbonyl (C=O) groups is 2. The lowest BCUT2D eigenvalue weighted by molar-refractivity contribution is -0.127. The SMILES string of the molecule is CCCCOC1=CC=CC(C(=O)NN2C(=O)c3ccccc3NC2c2ccco2)C=C1. The summed E-state index contributed by atoms with van der Waals surface area (Å²) in [4.78, 5) is 26.2. The molecule has 0 spiro atoms. The van der Waals surface area contributed by atoms with E-state index in [0.29, 0.717) is 29.4 Å². The average Bonchev–Trinajstić information content (AvgIpc) is 3.21. The predicted octanol–water partition coefficient (Wildman–Crippen LogP) is 4.32. The number of nitrogens with one attached hydrogen (secondary N) is 2. The van der Waals surface area contributed by atoms with Crippen molar-refractivity contribution in [3.05, 3.63) is 90.1 Å². The molecule has 2 N–H and O–H groups in total. The second kappa shape index (κ2) is 9.38. The van der Waals surface area contributed by atoms with Crippen molar-refractivity contribution < 1.29 is 18.7 Å². The largest absolute Gasteiger partial charge is 0.494 e. The fraction of sp³-hybridized carbons (Fsp3) is 0.250. The maximum atomic E-state index is 13.2. The van der Waals surface area contributed by atoms with Crippen molar-refractivity contribution >= 4 is 17.5 Å². The van der Waals surface area contributed by atoms with Gasteiger partial charge in [0.1, 0.15) is 11.5 Å². The van der Waals surface area contributed by atoms with Crippen LogP contribution in [0.4, 0.5) is 5.69 Å². The van der Waals surface area contributed by atoms with E-state index in [4.69, 9.17) is 9.15 Å². The van der Waals surface area contributed by atoms with Gasteiger partial charge in [-0.3, -0.25) is 15.0 Å². The van der Waals surface area contributed by atoms with Crippen LogP contribution >= 0.6 is 0 Å². The molecule has 2 atom stereocenters. The quantitative estimate of drug-likeness (QED) is 0.653. The summed E-state index contributed by atoms with van der Waals surface area (Å²) in [5.41, 5.74) is 3.93. The molecule has 0 radical (unpaired) electrons. The van der Waals surface area contributed by atoms with Crippen LogP contribution in [0.1, 0.15) is 42.0 Å². The number of unbranched alkanes of at least 4 members (excludes halogenated alkanes) is 1. The van der Waals surface area contributed by atoms with Gasteiger partial charge in [0.15, 0.2) is 6.17 Å². The number of carbonyl (C=O) groups excluding carboxylic acids is 2. The molecular weight excluding hydrogens is 394 g/mol. The van der Waals surface area contributed by atoms with E-state index in [1.807, 2.05) is 18.2 Å². The molecule has 1 aromatic heterocycles. The van der Waals surface area contributed by atoms with Crippen molar-refractivity contribution in [2.45, 2.75) is 25.9 Å². The maximum absolute atomic E-state index is 13.2. The number of fused-ring (bicyclic) bond motifs is 1. The molecule has 0 bridgehead atoms. The Hall–Kier alpha value is -3.74. The van der Waals surface area contributed by atoms with E-state index in [1.165, 1.54) is 11.3 Å². The number of anilines is 1. The van der Waals surface area contributed by atoms with Gasteiger partial charge in [-0.05, 0) is 42.8 Å². The molecule has 0 saturated carbocycles. The summed E-state index contributed by atoms with van der Waals surface area (Å²) >= 11 is 0. The molecule has 0 saturated heterocycles. The summed E-state index contributed by atoms with van der Waals surface area (Å²) in [5.74, 6) is 0.0291. The summed E-state index contributed by atoms with van der Waals surface area (Å²) in [6.45, 7) is 2.74. The van der Waals surface area contributed by atoms with E-state index in [-0.39, 0.29) is 11.8 Å². The van der Waals surface area contributed by atoms with Gasteiger partial charge in [0.2, 0.25) is 5.91 Å². The third-order valence-electron chi connectivity index (χ3n) is 5.09. The van der Waals surface area contributed by atoms with Crippen LogP contribution in [0.2, 0.25) is 0 Å². The Kier molecular flexibility index (Phi) is 6.21. The Morgan fingerprint density at radius 3 is 2.90 bits per heavy atom. The number of para-hydroxylation sites is 1. The van der Waals surface area contributed by atoms with Gasteiger partial charge in [-0.15, -0.1) is 0 Å². The van der Waals surface area contributed by atoms with Gasteiger partial charge in [0, 0.05) is 5.69 Å². The Balaban J connectivity index is 1.51. The smallest absolute Gasteiger partial charge is 0.276 e. The molecule has 7 nitrogen and oxygen atoms in total. The molecule has 2 unspecified atom stereocenters. The highest BCUT2D eigenvalue weighted by Crippen LogP contribution is 2.32. The first-order valence-electron chi connectivity index (χ1n) is 10.4. The van der Waals surface area contributed by atoms with Crippen LogP contribution in [-0.2, 0) is 9.53 Å². The first-order valence-corrected chi connectivity index (χ1v) is 10.4. The summed E-state index contributed by atoms with van der Waals surface area (Å²) in [6, 6.07) is 10.7. The fourth-order valence-electron chi connectivity index (χ4n) is 3.40. The number of nitrogens with zero attached hydrogens (tertiary/aromatic N) is 1. The van der Waals surface area contributed by atoms with Gasteiger partial charge in [-0.25, -0.2) is 5.01 Å². The van der Waals surface area contributed by atoms with Gasteiger partial charge in [0.05, 0.1) is 24.4 Å². The van der Waals surface area contributed by atoms with Gasteiger partial charge in [-0.1, -0.05) is 43.7 Å². The molecule has 1 aromatic carbocycles. The normalized spacial score (nSPS) is 19.8. The van der Waals surface area contributed by atoms with E-state index >= 15 is 0 Å².